The number of carbonyl (C=O) groups is 2. The smallest absolute Gasteiger partial charge is 0.337 e. The van der Waals surface area contributed by atoms with Crippen molar-refractivity contribution >= 4 is 12.0 Å². The second kappa shape index (κ2) is 6.62. The summed E-state index contributed by atoms with van der Waals surface area (Å²) in [6, 6.07) is 2.54. The Labute approximate surface area is 122 Å². The number of amides is 2. The van der Waals surface area contributed by atoms with Crippen molar-refractivity contribution in [1.29, 1.82) is 0 Å². The maximum atomic E-state index is 11.9. The highest BCUT2D eigenvalue weighted by Crippen LogP contribution is 2.21. The van der Waals surface area contributed by atoms with E-state index in [9.17, 15) is 14.7 Å². The van der Waals surface area contributed by atoms with Gasteiger partial charge in [0.05, 0.1) is 12.4 Å². The first-order valence-electron chi connectivity index (χ1n) is 6.97. The third-order valence-corrected chi connectivity index (χ3v) is 3.58. The van der Waals surface area contributed by atoms with Crippen molar-refractivity contribution in [2.24, 2.45) is 0 Å². The number of hydrogen-bond acceptors (Lipinski definition) is 4. The van der Waals surface area contributed by atoms with Gasteiger partial charge in [0.15, 0.2) is 5.54 Å². The highest BCUT2D eigenvalue weighted by molar-refractivity contribution is 5.86. The van der Waals surface area contributed by atoms with Crippen LogP contribution in [0.1, 0.15) is 31.9 Å². The summed E-state index contributed by atoms with van der Waals surface area (Å²) in [5, 5.41) is 14.4. The second-order valence-electron chi connectivity index (χ2n) is 5.21. The fourth-order valence-electron chi connectivity index (χ4n) is 2.27. The molecule has 1 aliphatic rings. The molecule has 2 rings (SSSR count). The molecule has 2 atom stereocenters. The SMILES string of the molecule is CC(NC(=O)NCCC1CCCO1)(C(=O)O)c1ccco1. The van der Waals surface area contributed by atoms with Gasteiger partial charge in [-0.1, -0.05) is 0 Å². The van der Waals surface area contributed by atoms with E-state index in [0.717, 1.165) is 25.9 Å². The van der Waals surface area contributed by atoms with Crippen LogP contribution in [0.25, 0.3) is 0 Å². The van der Waals surface area contributed by atoms with Gasteiger partial charge < -0.3 is 24.9 Å². The molecule has 2 heterocycles. The van der Waals surface area contributed by atoms with Crippen LogP contribution in [0.15, 0.2) is 22.8 Å². The largest absolute Gasteiger partial charge is 0.479 e. The lowest BCUT2D eigenvalue weighted by Gasteiger charge is -2.24. The Hall–Kier alpha value is -2.02. The summed E-state index contributed by atoms with van der Waals surface area (Å²) in [4.78, 5) is 23.3. The van der Waals surface area contributed by atoms with E-state index in [1.165, 1.54) is 19.3 Å². The third kappa shape index (κ3) is 3.75. The Morgan fingerprint density at radius 2 is 2.33 bits per heavy atom. The van der Waals surface area contributed by atoms with Gasteiger partial charge in [-0.25, -0.2) is 9.59 Å². The Kier molecular flexibility index (Phi) is 4.85. The minimum absolute atomic E-state index is 0.171. The first-order valence-corrected chi connectivity index (χ1v) is 6.97. The summed E-state index contributed by atoms with van der Waals surface area (Å²) in [5.41, 5.74) is -1.60. The van der Waals surface area contributed by atoms with Gasteiger partial charge >= 0.3 is 12.0 Å². The number of carboxylic acid groups (broad SMARTS) is 1. The summed E-state index contributed by atoms with van der Waals surface area (Å²) in [5.74, 6) is -1.02. The minimum Gasteiger partial charge on any atom is -0.479 e. The van der Waals surface area contributed by atoms with E-state index in [0.29, 0.717) is 6.54 Å². The van der Waals surface area contributed by atoms with Gasteiger partial charge in [-0.3, -0.25) is 0 Å². The second-order valence-corrected chi connectivity index (χ2v) is 5.21. The van der Waals surface area contributed by atoms with Crippen molar-refractivity contribution in [3.8, 4) is 0 Å². The molecular formula is C14H20N2O5. The third-order valence-electron chi connectivity index (χ3n) is 3.58. The summed E-state index contributed by atoms with van der Waals surface area (Å²) < 4.78 is 10.6. The summed E-state index contributed by atoms with van der Waals surface area (Å²) in [6.45, 7) is 2.59. The molecule has 0 aromatic carbocycles. The van der Waals surface area contributed by atoms with Gasteiger partial charge in [0.1, 0.15) is 5.76 Å². The van der Waals surface area contributed by atoms with Crippen LogP contribution in [-0.4, -0.2) is 36.4 Å². The van der Waals surface area contributed by atoms with Gasteiger partial charge in [-0.15, -0.1) is 0 Å². The molecule has 7 nitrogen and oxygen atoms in total. The standard InChI is InChI=1S/C14H20N2O5/c1-14(12(17)18,11-5-3-9-21-11)16-13(19)15-7-6-10-4-2-8-20-10/h3,5,9-10H,2,4,6-8H2,1H3,(H,17,18)(H2,15,16,19). The van der Waals surface area contributed by atoms with E-state index in [2.05, 4.69) is 10.6 Å². The normalized spacial score (nSPS) is 20.7. The van der Waals surface area contributed by atoms with E-state index < -0.39 is 17.5 Å². The number of hydrogen-bond donors (Lipinski definition) is 3. The minimum atomic E-state index is -1.60. The van der Waals surface area contributed by atoms with Gasteiger partial charge in [0.25, 0.3) is 0 Å². The molecule has 0 aliphatic carbocycles. The number of carboxylic acids is 1. The summed E-state index contributed by atoms with van der Waals surface area (Å²) in [6.07, 6.45) is 4.32. The molecule has 7 heteroatoms. The Morgan fingerprint density at radius 3 is 2.90 bits per heavy atom. The highest BCUT2D eigenvalue weighted by atomic mass is 16.5. The van der Waals surface area contributed by atoms with Crippen molar-refractivity contribution in [1.82, 2.24) is 10.6 Å². The van der Waals surface area contributed by atoms with Crippen LogP contribution >= 0.6 is 0 Å². The monoisotopic (exact) mass is 296 g/mol. The molecule has 1 aromatic heterocycles. The number of furan rings is 1. The van der Waals surface area contributed by atoms with Crippen molar-refractivity contribution < 1.29 is 23.8 Å². The topological polar surface area (TPSA) is 101 Å². The molecule has 1 aliphatic heterocycles. The Bertz CT molecular complexity index is 482. The van der Waals surface area contributed by atoms with Gasteiger partial charge in [0, 0.05) is 13.2 Å². The van der Waals surface area contributed by atoms with Crippen LogP contribution in [0.2, 0.25) is 0 Å². The quantitative estimate of drug-likeness (QED) is 0.737. The zero-order valence-corrected chi connectivity index (χ0v) is 11.9. The predicted octanol–water partition coefficient (Wildman–Crippen LogP) is 1.45. The molecule has 0 radical (unpaired) electrons. The lowest BCUT2D eigenvalue weighted by atomic mass is 9.99. The van der Waals surface area contributed by atoms with Crippen molar-refractivity contribution in [2.45, 2.75) is 37.8 Å². The molecule has 116 valence electrons. The molecule has 0 spiro atoms. The first kappa shape index (κ1) is 15.4. The lowest BCUT2D eigenvalue weighted by molar-refractivity contribution is -0.144. The van der Waals surface area contributed by atoms with Crippen LogP contribution in [-0.2, 0) is 15.1 Å². The molecular weight excluding hydrogens is 276 g/mol. The van der Waals surface area contributed by atoms with Crippen LogP contribution in [0, 0.1) is 0 Å². The van der Waals surface area contributed by atoms with E-state index in [4.69, 9.17) is 9.15 Å². The van der Waals surface area contributed by atoms with Crippen LogP contribution < -0.4 is 10.6 Å². The molecule has 1 fully saturated rings. The van der Waals surface area contributed by atoms with Crippen LogP contribution in [0.4, 0.5) is 4.79 Å². The fraction of sp³-hybridized carbons (Fsp3) is 0.571. The molecule has 1 aromatic rings. The Balaban J connectivity index is 1.85. The first-order chi connectivity index (χ1) is 10.0. The Morgan fingerprint density at radius 1 is 1.52 bits per heavy atom. The van der Waals surface area contributed by atoms with E-state index in [1.807, 2.05) is 0 Å². The van der Waals surface area contributed by atoms with Gasteiger partial charge in [-0.2, -0.15) is 0 Å². The highest BCUT2D eigenvalue weighted by Gasteiger charge is 2.39. The molecule has 21 heavy (non-hydrogen) atoms. The maximum Gasteiger partial charge on any atom is 0.337 e. The molecule has 1 saturated heterocycles. The lowest BCUT2D eigenvalue weighted by Crippen LogP contribution is -2.53. The number of ether oxygens (including phenoxy) is 1. The van der Waals surface area contributed by atoms with Crippen molar-refractivity contribution in [3.05, 3.63) is 24.2 Å². The van der Waals surface area contributed by atoms with Crippen molar-refractivity contribution in [3.63, 3.8) is 0 Å². The summed E-state index contributed by atoms with van der Waals surface area (Å²) in [7, 11) is 0. The number of carbonyl (C=O) groups excluding carboxylic acids is 1. The average Bonchev–Trinajstić information content (AvgIpc) is 3.11. The molecule has 2 unspecified atom stereocenters. The van der Waals surface area contributed by atoms with Crippen molar-refractivity contribution in [2.75, 3.05) is 13.2 Å². The number of nitrogens with one attached hydrogen (secondary N) is 2. The number of urea groups is 1. The molecule has 2 amide bonds. The number of rotatable bonds is 6. The zero-order valence-electron chi connectivity index (χ0n) is 11.9. The molecule has 0 bridgehead atoms. The fourth-order valence-corrected chi connectivity index (χ4v) is 2.27. The van der Waals surface area contributed by atoms with E-state index in [1.54, 1.807) is 6.07 Å². The van der Waals surface area contributed by atoms with E-state index in [-0.39, 0.29) is 11.9 Å². The number of aliphatic carboxylic acids is 1. The van der Waals surface area contributed by atoms with Crippen LogP contribution in [0.3, 0.4) is 0 Å². The van der Waals surface area contributed by atoms with Gasteiger partial charge in [-0.05, 0) is 38.3 Å². The predicted molar refractivity (Wildman–Crippen MR) is 73.8 cm³/mol. The average molecular weight is 296 g/mol. The zero-order chi connectivity index (χ0) is 15.3. The van der Waals surface area contributed by atoms with Crippen LogP contribution in [0.5, 0.6) is 0 Å². The summed E-state index contributed by atoms with van der Waals surface area (Å²) >= 11 is 0. The maximum absolute atomic E-state index is 11.9. The van der Waals surface area contributed by atoms with E-state index >= 15 is 0 Å². The van der Waals surface area contributed by atoms with Gasteiger partial charge in [0.2, 0.25) is 0 Å². The molecule has 3 N–H and O–H groups in total. The molecule has 0 saturated carbocycles.